The zero-order chi connectivity index (χ0) is 10.8. The second-order valence-corrected chi connectivity index (χ2v) is 3.91. The van der Waals surface area contributed by atoms with Gasteiger partial charge in [0, 0.05) is 4.90 Å². The van der Waals surface area contributed by atoms with Crippen LogP contribution < -0.4 is 0 Å². The van der Waals surface area contributed by atoms with Gasteiger partial charge in [-0.3, -0.25) is 0 Å². The molecule has 0 aromatic heterocycles. The molecule has 1 aromatic rings. The third kappa shape index (κ3) is 2.64. The fourth-order valence-electron chi connectivity index (χ4n) is 0.978. The van der Waals surface area contributed by atoms with Gasteiger partial charge < -0.3 is 0 Å². The van der Waals surface area contributed by atoms with Crippen LogP contribution >= 0.6 is 11.8 Å². The van der Waals surface area contributed by atoms with E-state index in [-0.39, 0.29) is 0 Å². The average molecular weight is 224 g/mol. The molecule has 1 aromatic carbocycles. The van der Waals surface area contributed by atoms with Crippen LogP contribution in [0.5, 0.6) is 0 Å². The Hall–Kier alpha value is -0.710. The number of halogens is 4. The molecule has 0 aliphatic carbocycles. The molecule has 0 heterocycles. The zero-order valence-electron chi connectivity index (χ0n) is 7.36. The maximum atomic E-state index is 12.8. The Kier molecular flexibility index (Phi) is 3.42. The number of benzene rings is 1. The van der Waals surface area contributed by atoms with Gasteiger partial charge in [-0.1, -0.05) is 6.92 Å². The van der Waals surface area contributed by atoms with Crippen LogP contribution in [0.25, 0.3) is 0 Å². The molecule has 0 saturated heterocycles. The first-order valence-corrected chi connectivity index (χ1v) is 4.93. The molecule has 14 heavy (non-hydrogen) atoms. The summed E-state index contributed by atoms with van der Waals surface area (Å²) in [5.41, 5.74) is -1.20. The Morgan fingerprint density at radius 2 is 1.93 bits per heavy atom. The van der Waals surface area contributed by atoms with Crippen LogP contribution in [0.4, 0.5) is 17.6 Å². The Morgan fingerprint density at radius 3 is 2.43 bits per heavy atom. The highest BCUT2D eigenvalue weighted by Gasteiger charge is 2.34. The maximum absolute atomic E-state index is 12.8. The van der Waals surface area contributed by atoms with Crippen LogP contribution in [0.15, 0.2) is 23.1 Å². The first-order chi connectivity index (χ1) is 6.45. The summed E-state index contributed by atoms with van der Waals surface area (Å²) in [6.45, 7) is 1.82. The minimum Gasteiger partial charge on any atom is -0.206 e. The van der Waals surface area contributed by atoms with E-state index >= 15 is 0 Å². The summed E-state index contributed by atoms with van der Waals surface area (Å²) in [6.07, 6.45) is -4.62. The predicted molar refractivity (Wildman–Crippen MR) is 47.8 cm³/mol. The largest absolute Gasteiger partial charge is 0.419 e. The van der Waals surface area contributed by atoms with Gasteiger partial charge in [0.05, 0.1) is 5.56 Å². The van der Waals surface area contributed by atoms with Crippen LogP contribution in [0, 0.1) is 5.82 Å². The Morgan fingerprint density at radius 1 is 1.29 bits per heavy atom. The molecule has 0 fully saturated rings. The molecule has 0 amide bonds. The molecule has 0 saturated carbocycles. The minimum atomic E-state index is -4.62. The second kappa shape index (κ2) is 4.21. The molecule has 0 atom stereocenters. The van der Waals surface area contributed by atoms with E-state index in [9.17, 15) is 17.6 Å². The monoisotopic (exact) mass is 224 g/mol. The van der Waals surface area contributed by atoms with Crippen LogP contribution in [-0.4, -0.2) is 5.75 Å². The number of hydrogen-bond acceptors (Lipinski definition) is 1. The molecule has 0 radical (unpaired) electrons. The smallest absolute Gasteiger partial charge is 0.206 e. The maximum Gasteiger partial charge on any atom is 0.419 e. The summed E-state index contributed by atoms with van der Waals surface area (Å²) in [6, 6.07) is 3.03. The van der Waals surface area contributed by atoms with Gasteiger partial charge >= 0.3 is 6.18 Å². The fraction of sp³-hybridized carbons (Fsp3) is 0.333. The van der Waals surface area contributed by atoms with Crippen LogP contribution in [0.2, 0.25) is 0 Å². The summed E-state index contributed by atoms with van der Waals surface area (Å²) >= 11 is 1.25. The molecule has 0 nitrogen and oxygen atoms in total. The SMILES string of the molecule is CCSc1ccc(F)c(C(F)(F)F)c1. The summed E-state index contributed by atoms with van der Waals surface area (Å²) in [5, 5.41) is 0. The van der Waals surface area contributed by atoms with E-state index < -0.39 is 17.6 Å². The van der Waals surface area contributed by atoms with Gasteiger partial charge in [-0.2, -0.15) is 13.2 Å². The van der Waals surface area contributed by atoms with Crippen molar-refractivity contribution < 1.29 is 17.6 Å². The van der Waals surface area contributed by atoms with Crippen molar-refractivity contribution in [1.82, 2.24) is 0 Å². The second-order valence-electron chi connectivity index (χ2n) is 2.57. The Labute approximate surface area is 83.3 Å². The molecule has 0 aliphatic heterocycles. The molecule has 0 bridgehead atoms. The van der Waals surface area contributed by atoms with Crippen molar-refractivity contribution in [3.63, 3.8) is 0 Å². The Balaban J connectivity index is 3.09. The van der Waals surface area contributed by atoms with Crippen molar-refractivity contribution in [2.75, 3.05) is 5.75 Å². The van der Waals surface area contributed by atoms with E-state index in [1.54, 1.807) is 0 Å². The fourth-order valence-corrected chi connectivity index (χ4v) is 1.68. The van der Waals surface area contributed by atoms with Gasteiger partial charge in [0.25, 0.3) is 0 Å². The number of alkyl halides is 3. The number of rotatable bonds is 2. The first kappa shape index (κ1) is 11.4. The van der Waals surface area contributed by atoms with Gasteiger partial charge in [0.2, 0.25) is 0 Å². The van der Waals surface area contributed by atoms with Gasteiger partial charge in [0.15, 0.2) is 0 Å². The highest BCUT2D eigenvalue weighted by Crippen LogP contribution is 2.33. The highest BCUT2D eigenvalue weighted by molar-refractivity contribution is 7.99. The topological polar surface area (TPSA) is 0 Å². The van der Waals surface area contributed by atoms with Gasteiger partial charge in [-0.15, -0.1) is 11.8 Å². The summed E-state index contributed by atoms with van der Waals surface area (Å²) in [4.78, 5) is 0.432. The average Bonchev–Trinajstić information content (AvgIpc) is 2.07. The van der Waals surface area contributed by atoms with E-state index in [0.717, 1.165) is 12.1 Å². The van der Waals surface area contributed by atoms with Crippen molar-refractivity contribution >= 4 is 11.8 Å². The van der Waals surface area contributed by atoms with Crippen molar-refractivity contribution in [3.05, 3.63) is 29.6 Å². The predicted octanol–water partition coefficient (Wildman–Crippen LogP) is 3.96. The molecule has 0 unspecified atom stereocenters. The third-order valence-electron chi connectivity index (χ3n) is 1.55. The lowest BCUT2D eigenvalue weighted by Gasteiger charge is -2.09. The first-order valence-electron chi connectivity index (χ1n) is 3.94. The quantitative estimate of drug-likeness (QED) is 0.541. The Bertz CT molecular complexity index is 319. The summed E-state index contributed by atoms with van der Waals surface area (Å²) in [5.74, 6) is -0.568. The van der Waals surface area contributed by atoms with Crippen LogP contribution in [0.3, 0.4) is 0 Å². The van der Waals surface area contributed by atoms with Gasteiger partial charge in [0.1, 0.15) is 5.82 Å². The number of thioether (sulfide) groups is 1. The molecular weight excluding hydrogens is 216 g/mol. The molecule has 0 N–H and O–H groups in total. The van der Waals surface area contributed by atoms with Gasteiger partial charge in [-0.05, 0) is 24.0 Å². The zero-order valence-corrected chi connectivity index (χ0v) is 8.18. The lowest BCUT2D eigenvalue weighted by molar-refractivity contribution is -0.140. The van der Waals surface area contributed by atoms with E-state index in [1.807, 2.05) is 6.92 Å². The number of hydrogen-bond donors (Lipinski definition) is 0. The van der Waals surface area contributed by atoms with E-state index in [0.29, 0.717) is 10.6 Å². The molecule has 0 aliphatic rings. The van der Waals surface area contributed by atoms with E-state index in [1.165, 1.54) is 17.8 Å². The summed E-state index contributed by atoms with van der Waals surface area (Å²) < 4.78 is 49.4. The van der Waals surface area contributed by atoms with Crippen molar-refractivity contribution in [2.24, 2.45) is 0 Å². The molecule has 1 rings (SSSR count). The van der Waals surface area contributed by atoms with E-state index in [2.05, 4.69) is 0 Å². The third-order valence-corrected chi connectivity index (χ3v) is 2.43. The van der Waals surface area contributed by atoms with Crippen LogP contribution in [-0.2, 0) is 6.18 Å². The normalized spacial score (nSPS) is 11.8. The lowest BCUT2D eigenvalue weighted by atomic mass is 10.2. The highest BCUT2D eigenvalue weighted by atomic mass is 32.2. The molecule has 78 valence electrons. The van der Waals surface area contributed by atoms with Gasteiger partial charge in [-0.25, -0.2) is 4.39 Å². The lowest BCUT2D eigenvalue weighted by Crippen LogP contribution is -2.07. The molecule has 0 spiro atoms. The van der Waals surface area contributed by atoms with Crippen molar-refractivity contribution in [2.45, 2.75) is 18.0 Å². The van der Waals surface area contributed by atoms with Crippen LogP contribution in [0.1, 0.15) is 12.5 Å². The molecular formula is C9H8F4S. The van der Waals surface area contributed by atoms with E-state index in [4.69, 9.17) is 0 Å². The summed E-state index contributed by atoms with van der Waals surface area (Å²) in [7, 11) is 0. The van der Waals surface area contributed by atoms with Crippen molar-refractivity contribution in [3.8, 4) is 0 Å². The minimum absolute atomic E-state index is 0.432. The standard InChI is InChI=1S/C9H8F4S/c1-2-14-6-3-4-8(10)7(5-6)9(11,12)13/h3-5H,2H2,1H3. The molecule has 5 heteroatoms. The van der Waals surface area contributed by atoms with Crippen molar-refractivity contribution in [1.29, 1.82) is 0 Å².